The number of benzene rings is 1. The molecule has 1 aromatic carbocycles. The molecule has 1 aromatic heterocycles. The predicted molar refractivity (Wildman–Crippen MR) is 77.8 cm³/mol. The van der Waals surface area contributed by atoms with Crippen molar-refractivity contribution in [3.05, 3.63) is 52.3 Å². The summed E-state index contributed by atoms with van der Waals surface area (Å²) in [5.41, 5.74) is 7.15. The predicted octanol–water partition coefficient (Wildman–Crippen LogP) is 3.25. The first-order valence-electron chi connectivity index (χ1n) is 5.43. The molecule has 0 fully saturated rings. The summed E-state index contributed by atoms with van der Waals surface area (Å²) in [6, 6.07) is 6.39. The Labute approximate surface area is 120 Å². The van der Waals surface area contributed by atoms with Crippen LogP contribution >= 0.6 is 23.2 Å². The SMILES string of the molecule is CN(C(=O)c1ccc(Cl)cc1Cl)c1ccncc1N. The molecular formula is C13H11Cl2N3O. The lowest BCUT2D eigenvalue weighted by molar-refractivity contribution is 0.0993. The van der Waals surface area contributed by atoms with Gasteiger partial charge in [-0.25, -0.2) is 0 Å². The minimum atomic E-state index is -0.264. The monoisotopic (exact) mass is 295 g/mol. The van der Waals surface area contributed by atoms with E-state index in [0.29, 0.717) is 27.0 Å². The number of nitrogen functional groups attached to an aromatic ring is 1. The van der Waals surface area contributed by atoms with E-state index in [1.54, 1.807) is 31.4 Å². The van der Waals surface area contributed by atoms with Crippen LogP contribution in [-0.2, 0) is 0 Å². The number of pyridine rings is 1. The van der Waals surface area contributed by atoms with Crippen molar-refractivity contribution < 1.29 is 4.79 Å². The van der Waals surface area contributed by atoms with Crippen molar-refractivity contribution in [1.82, 2.24) is 4.98 Å². The van der Waals surface area contributed by atoms with E-state index in [1.807, 2.05) is 0 Å². The maximum Gasteiger partial charge on any atom is 0.259 e. The second kappa shape index (κ2) is 5.47. The molecule has 0 unspecified atom stereocenters. The minimum absolute atomic E-state index is 0.264. The highest BCUT2D eigenvalue weighted by Crippen LogP contribution is 2.26. The zero-order chi connectivity index (χ0) is 14.0. The van der Waals surface area contributed by atoms with E-state index in [1.165, 1.54) is 17.2 Å². The third kappa shape index (κ3) is 2.80. The molecule has 1 amide bonds. The summed E-state index contributed by atoms with van der Waals surface area (Å²) in [5, 5.41) is 0.782. The van der Waals surface area contributed by atoms with Gasteiger partial charge in [0.25, 0.3) is 5.91 Å². The van der Waals surface area contributed by atoms with Crippen LogP contribution in [0.1, 0.15) is 10.4 Å². The molecule has 1 heterocycles. The normalized spacial score (nSPS) is 10.3. The second-order valence-electron chi connectivity index (χ2n) is 3.92. The van der Waals surface area contributed by atoms with Crippen LogP contribution in [0.4, 0.5) is 11.4 Å². The van der Waals surface area contributed by atoms with Crippen LogP contribution in [0.3, 0.4) is 0 Å². The fourth-order valence-electron chi connectivity index (χ4n) is 1.66. The summed E-state index contributed by atoms with van der Waals surface area (Å²) in [6.45, 7) is 0. The van der Waals surface area contributed by atoms with Gasteiger partial charge >= 0.3 is 0 Å². The molecule has 6 heteroatoms. The average Bonchev–Trinajstić information content (AvgIpc) is 2.38. The topological polar surface area (TPSA) is 59.2 Å². The van der Waals surface area contributed by atoms with E-state index in [9.17, 15) is 4.79 Å². The fourth-order valence-corrected chi connectivity index (χ4v) is 2.15. The van der Waals surface area contributed by atoms with Crippen molar-refractivity contribution in [3.8, 4) is 0 Å². The van der Waals surface area contributed by atoms with Crippen LogP contribution < -0.4 is 10.6 Å². The molecule has 2 aromatic rings. The van der Waals surface area contributed by atoms with Gasteiger partial charge in [-0.1, -0.05) is 23.2 Å². The first-order chi connectivity index (χ1) is 9.00. The van der Waals surface area contributed by atoms with Gasteiger partial charge < -0.3 is 10.6 Å². The Morgan fingerprint density at radius 1 is 1.32 bits per heavy atom. The van der Waals surface area contributed by atoms with Gasteiger partial charge in [-0.05, 0) is 24.3 Å². The number of amides is 1. The number of nitrogens with two attached hydrogens (primary N) is 1. The van der Waals surface area contributed by atoms with Gasteiger partial charge in [0, 0.05) is 18.3 Å². The molecule has 0 spiro atoms. The molecule has 0 aliphatic rings. The molecule has 0 saturated heterocycles. The number of hydrogen-bond acceptors (Lipinski definition) is 3. The Kier molecular flexibility index (Phi) is 3.93. The van der Waals surface area contributed by atoms with Gasteiger partial charge in [0.05, 0.1) is 28.2 Å². The average molecular weight is 296 g/mol. The summed E-state index contributed by atoms with van der Waals surface area (Å²) in [5.74, 6) is -0.264. The Morgan fingerprint density at radius 3 is 2.68 bits per heavy atom. The maximum atomic E-state index is 12.4. The molecule has 0 atom stereocenters. The molecule has 98 valence electrons. The molecule has 0 bridgehead atoms. The van der Waals surface area contributed by atoms with E-state index >= 15 is 0 Å². The van der Waals surface area contributed by atoms with Crippen LogP contribution in [-0.4, -0.2) is 17.9 Å². The Morgan fingerprint density at radius 2 is 2.05 bits per heavy atom. The standard InChI is InChI=1S/C13H11Cl2N3O/c1-18(12-4-5-17-7-11(12)16)13(19)9-3-2-8(14)6-10(9)15/h2-7H,16H2,1H3. The first kappa shape index (κ1) is 13.6. The molecule has 0 radical (unpaired) electrons. The number of carbonyl (C=O) groups is 1. The number of anilines is 2. The molecule has 0 aliphatic carbocycles. The molecule has 19 heavy (non-hydrogen) atoms. The Bertz CT molecular complexity index is 631. The van der Waals surface area contributed by atoms with Crippen molar-refractivity contribution in [3.63, 3.8) is 0 Å². The number of aromatic nitrogens is 1. The highest BCUT2D eigenvalue weighted by Gasteiger charge is 2.18. The lowest BCUT2D eigenvalue weighted by atomic mass is 10.2. The molecule has 0 saturated carbocycles. The van der Waals surface area contributed by atoms with E-state index in [0.717, 1.165) is 0 Å². The highest BCUT2D eigenvalue weighted by molar-refractivity contribution is 6.37. The van der Waals surface area contributed by atoms with Gasteiger partial charge in [0.1, 0.15) is 0 Å². The summed E-state index contributed by atoms with van der Waals surface area (Å²) in [6.07, 6.45) is 3.06. The summed E-state index contributed by atoms with van der Waals surface area (Å²) in [7, 11) is 1.62. The maximum absolute atomic E-state index is 12.4. The molecule has 4 nitrogen and oxygen atoms in total. The van der Waals surface area contributed by atoms with Gasteiger partial charge in [0.15, 0.2) is 0 Å². The lowest BCUT2D eigenvalue weighted by Crippen LogP contribution is -2.27. The first-order valence-corrected chi connectivity index (χ1v) is 6.19. The van der Waals surface area contributed by atoms with Crippen molar-refractivity contribution in [2.45, 2.75) is 0 Å². The van der Waals surface area contributed by atoms with Crippen molar-refractivity contribution in [2.75, 3.05) is 17.7 Å². The van der Waals surface area contributed by atoms with Crippen molar-refractivity contribution in [2.24, 2.45) is 0 Å². The fraction of sp³-hybridized carbons (Fsp3) is 0.0769. The van der Waals surface area contributed by atoms with E-state index in [-0.39, 0.29) is 5.91 Å². The van der Waals surface area contributed by atoms with Crippen LogP contribution in [0, 0.1) is 0 Å². The van der Waals surface area contributed by atoms with Gasteiger partial charge in [0.2, 0.25) is 0 Å². The molecule has 2 N–H and O–H groups in total. The molecular weight excluding hydrogens is 285 g/mol. The largest absolute Gasteiger partial charge is 0.396 e. The van der Waals surface area contributed by atoms with Gasteiger partial charge in [-0.2, -0.15) is 0 Å². The van der Waals surface area contributed by atoms with Gasteiger partial charge in [-0.15, -0.1) is 0 Å². The van der Waals surface area contributed by atoms with Crippen LogP contribution in [0.25, 0.3) is 0 Å². The lowest BCUT2D eigenvalue weighted by Gasteiger charge is -2.19. The van der Waals surface area contributed by atoms with Crippen molar-refractivity contribution >= 4 is 40.5 Å². The minimum Gasteiger partial charge on any atom is -0.396 e. The number of nitrogens with zero attached hydrogens (tertiary/aromatic N) is 2. The third-order valence-electron chi connectivity index (χ3n) is 2.66. The zero-order valence-corrected chi connectivity index (χ0v) is 11.6. The number of halogens is 2. The molecule has 0 aliphatic heterocycles. The zero-order valence-electron chi connectivity index (χ0n) is 10.1. The summed E-state index contributed by atoms with van der Waals surface area (Å²) >= 11 is 11.8. The van der Waals surface area contributed by atoms with Crippen molar-refractivity contribution in [1.29, 1.82) is 0 Å². The second-order valence-corrected chi connectivity index (χ2v) is 4.77. The van der Waals surface area contributed by atoms with Gasteiger partial charge in [-0.3, -0.25) is 9.78 Å². The van der Waals surface area contributed by atoms with E-state index < -0.39 is 0 Å². The Balaban J connectivity index is 2.37. The van der Waals surface area contributed by atoms with Crippen LogP contribution in [0.5, 0.6) is 0 Å². The van der Waals surface area contributed by atoms with Crippen LogP contribution in [0.15, 0.2) is 36.7 Å². The summed E-state index contributed by atoms with van der Waals surface area (Å²) < 4.78 is 0. The van der Waals surface area contributed by atoms with Crippen LogP contribution in [0.2, 0.25) is 10.0 Å². The third-order valence-corrected chi connectivity index (χ3v) is 3.20. The van der Waals surface area contributed by atoms with E-state index in [4.69, 9.17) is 28.9 Å². The number of hydrogen-bond donors (Lipinski definition) is 1. The number of carbonyl (C=O) groups excluding carboxylic acids is 1. The quantitative estimate of drug-likeness (QED) is 0.925. The highest BCUT2D eigenvalue weighted by atomic mass is 35.5. The Hall–Kier alpha value is -1.78. The number of rotatable bonds is 2. The van der Waals surface area contributed by atoms with E-state index in [2.05, 4.69) is 4.98 Å². The smallest absolute Gasteiger partial charge is 0.259 e. The molecule has 2 rings (SSSR count). The summed E-state index contributed by atoms with van der Waals surface area (Å²) in [4.78, 5) is 17.7.